The predicted molar refractivity (Wildman–Crippen MR) is 61.4 cm³/mol. The molecule has 0 aliphatic carbocycles. The van der Waals surface area contributed by atoms with Gasteiger partial charge in [0.15, 0.2) is 11.5 Å². The highest BCUT2D eigenvalue weighted by Crippen LogP contribution is 2.39. The number of fused-ring (bicyclic) bond motifs is 1. The van der Waals surface area contributed by atoms with Gasteiger partial charge in [-0.25, -0.2) is 8.78 Å². The highest BCUT2D eigenvalue weighted by Gasteiger charge is 2.30. The summed E-state index contributed by atoms with van der Waals surface area (Å²) in [5.74, 6) is -2.45. The van der Waals surface area contributed by atoms with Crippen LogP contribution in [-0.4, -0.2) is 19.0 Å². The van der Waals surface area contributed by atoms with Crippen LogP contribution in [0.1, 0.15) is 25.0 Å². The first kappa shape index (κ1) is 12.8. The molecular formula is C13H14F2O3. The lowest BCUT2D eigenvalue weighted by Crippen LogP contribution is -2.19. The first-order valence-corrected chi connectivity index (χ1v) is 5.68. The SMILES string of the molecule is CC(=O)Cc1cc2c(cc1C(C)(F)F)OCCO2. The lowest BCUT2D eigenvalue weighted by molar-refractivity contribution is -0.116. The third-order valence-electron chi connectivity index (χ3n) is 2.68. The second kappa shape index (κ2) is 4.55. The molecule has 0 radical (unpaired) electrons. The number of carbonyl (C=O) groups is 1. The number of carbonyl (C=O) groups excluding carboxylic acids is 1. The van der Waals surface area contributed by atoms with E-state index in [2.05, 4.69) is 0 Å². The van der Waals surface area contributed by atoms with Crippen LogP contribution in [0.4, 0.5) is 8.78 Å². The minimum Gasteiger partial charge on any atom is -0.486 e. The van der Waals surface area contributed by atoms with E-state index in [4.69, 9.17) is 9.47 Å². The average molecular weight is 256 g/mol. The van der Waals surface area contributed by atoms with Crippen LogP contribution in [0.3, 0.4) is 0 Å². The minimum absolute atomic E-state index is 0.0323. The van der Waals surface area contributed by atoms with Crippen LogP contribution in [-0.2, 0) is 17.1 Å². The van der Waals surface area contributed by atoms with Gasteiger partial charge in [-0.2, -0.15) is 0 Å². The first-order chi connectivity index (χ1) is 8.38. The molecule has 18 heavy (non-hydrogen) atoms. The summed E-state index contributed by atoms with van der Waals surface area (Å²) in [6.45, 7) is 2.90. The van der Waals surface area contributed by atoms with Gasteiger partial charge in [-0.15, -0.1) is 0 Å². The molecule has 0 amide bonds. The van der Waals surface area contributed by atoms with E-state index in [1.165, 1.54) is 19.1 Å². The van der Waals surface area contributed by atoms with Gasteiger partial charge < -0.3 is 9.47 Å². The Bertz CT molecular complexity index is 478. The molecule has 98 valence electrons. The third-order valence-corrected chi connectivity index (χ3v) is 2.68. The van der Waals surface area contributed by atoms with E-state index in [-0.39, 0.29) is 17.8 Å². The molecule has 3 nitrogen and oxygen atoms in total. The van der Waals surface area contributed by atoms with E-state index in [9.17, 15) is 13.6 Å². The van der Waals surface area contributed by atoms with E-state index in [1.54, 1.807) is 0 Å². The molecule has 1 aliphatic heterocycles. The minimum atomic E-state index is -3.01. The summed E-state index contributed by atoms with van der Waals surface area (Å²) in [6.07, 6.45) is -0.0323. The topological polar surface area (TPSA) is 35.5 Å². The van der Waals surface area contributed by atoms with Crippen molar-refractivity contribution in [3.8, 4) is 11.5 Å². The quantitative estimate of drug-likeness (QED) is 0.834. The molecule has 0 N–H and O–H groups in total. The molecule has 0 bridgehead atoms. The molecule has 2 rings (SSSR count). The highest BCUT2D eigenvalue weighted by atomic mass is 19.3. The molecule has 1 aromatic carbocycles. The summed E-state index contributed by atoms with van der Waals surface area (Å²) in [5.41, 5.74) is 0.112. The Balaban J connectivity index is 2.51. The molecule has 1 aromatic rings. The van der Waals surface area contributed by atoms with Crippen LogP contribution in [0.5, 0.6) is 11.5 Å². The number of ketones is 1. The van der Waals surface area contributed by atoms with Crippen molar-refractivity contribution < 1.29 is 23.0 Å². The van der Waals surface area contributed by atoms with Crippen molar-refractivity contribution in [1.29, 1.82) is 0 Å². The van der Waals surface area contributed by atoms with Gasteiger partial charge in [0, 0.05) is 18.9 Å². The summed E-state index contributed by atoms with van der Waals surface area (Å²) in [5, 5.41) is 0. The largest absolute Gasteiger partial charge is 0.486 e. The number of hydrogen-bond acceptors (Lipinski definition) is 3. The van der Waals surface area contributed by atoms with Crippen LogP contribution in [0, 0.1) is 0 Å². The van der Waals surface area contributed by atoms with Gasteiger partial charge in [-0.05, 0) is 24.6 Å². The Morgan fingerprint density at radius 3 is 2.33 bits per heavy atom. The fourth-order valence-electron chi connectivity index (χ4n) is 1.95. The average Bonchev–Trinajstić information content (AvgIpc) is 2.26. The van der Waals surface area contributed by atoms with Crippen molar-refractivity contribution in [1.82, 2.24) is 0 Å². The zero-order valence-corrected chi connectivity index (χ0v) is 10.3. The van der Waals surface area contributed by atoms with E-state index < -0.39 is 5.92 Å². The van der Waals surface area contributed by atoms with Crippen molar-refractivity contribution in [2.24, 2.45) is 0 Å². The maximum atomic E-state index is 13.5. The Morgan fingerprint density at radius 1 is 1.28 bits per heavy atom. The van der Waals surface area contributed by atoms with Crippen molar-refractivity contribution in [2.75, 3.05) is 13.2 Å². The number of ether oxygens (including phenoxy) is 2. The molecule has 0 aromatic heterocycles. The Labute approximate surface area is 104 Å². The van der Waals surface area contributed by atoms with Gasteiger partial charge >= 0.3 is 0 Å². The number of rotatable bonds is 3. The van der Waals surface area contributed by atoms with Crippen LogP contribution in [0.15, 0.2) is 12.1 Å². The second-order valence-electron chi connectivity index (χ2n) is 4.42. The highest BCUT2D eigenvalue weighted by molar-refractivity contribution is 5.79. The molecule has 1 aliphatic rings. The molecule has 1 heterocycles. The van der Waals surface area contributed by atoms with E-state index in [0.29, 0.717) is 30.3 Å². The second-order valence-corrected chi connectivity index (χ2v) is 4.42. The monoisotopic (exact) mass is 256 g/mol. The van der Waals surface area contributed by atoms with Crippen molar-refractivity contribution >= 4 is 5.78 Å². The summed E-state index contributed by atoms with van der Waals surface area (Å²) < 4.78 is 37.7. The van der Waals surface area contributed by atoms with Crippen molar-refractivity contribution in [3.63, 3.8) is 0 Å². The van der Waals surface area contributed by atoms with Crippen LogP contribution >= 0.6 is 0 Å². The maximum absolute atomic E-state index is 13.5. The zero-order valence-electron chi connectivity index (χ0n) is 10.3. The van der Waals surface area contributed by atoms with Gasteiger partial charge in [0.1, 0.15) is 19.0 Å². The molecule has 5 heteroatoms. The fraction of sp³-hybridized carbons (Fsp3) is 0.462. The third kappa shape index (κ3) is 2.60. The molecule has 0 saturated carbocycles. The normalized spacial score (nSPS) is 14.4. The summed E-state index contributed by atoms with van der Waals surface area (Å²) in [4.78, 5) is 11.1. The Hall–Kier alpha value is -1.65. The molecule has 0 saturated heterocycles. The number of benzene rings is 1. The van der Waals surface area contributed by atoms with E-state index in [1.807, 2.05) is 0 Å². The van der Waals surface area contributed by atoms with Crippen LogP contribution in [0.25, 0.3) is 0 Å². The number of hydrogen-bond donors (Lipinski definition) is 0. The lowest BCUT2D eigenvalue weighted by Gasteiger charge is -2.23. The summed E-state index contributed by atoms with van der Waals surface area (Å²) in [6, 6.07) is 2.75. The molecular weight excluding hydrogens is 242 g/mol. The maximum Gasteiger partial charge on any atom is 0.270 e. The predicted octanol–water partition coefficient (Wildman–Crippen LogP) is 2.70. The van der Waals surface area contributed by atoms with Crippen molar-refractivity contribution in [3.05, 3.63) is 23.3 Å². The Kier molecular flexibility index (Phi) is 3.24. The standard InChI is InChI=1S/C13H14F2O3/c1-8(16)5-9-6-11-12(18-4-3-17-11)7-10(9)13(2,14)15/h6-7H,3-5H2,1-2H3. The van der Waals surface area contributed by atoms with Gasteiger partial charge in [-0.1, -0.05) is 0 Å². The first-order valence-electron chi connectivity index (χ1n) is 5.68. The summed E-state index contributed by atoms with van der Waals surface area (Å²) in [7, 11) is 0. The van der Waals surface area contributed by atoms with Crippen LogP contribution < -0.4 is 9.47 Å². The fourth-order valence-corrected chi connectivity index (χ4v) is 1.95. The lowest BCUT2D eigenvalue weighted by atomic mass is 9.97. The number of alkyl halides is 2. The number of Topliss-reactive ketones (excluding diaryl/α,β-unsaturated/α-hetero) is 1. The molecule has 0 fully saturated rings. The molecule has 0 unspecified atom stereocenters. The van der Waals surface area contributed by atoms with Gasteiger partial charge in [-0.3, -0.25) is 4.79 Å². The van der Waals surface area contributed by atoms with Crippen LogP contribution in [0.2, 0.25) is 0 Å². The smallest absolute Gasteiger partial charge is 0.270 e. The van der Waals surface area contributed by atoms with Gasteiger partial charge in [0.25, 0.3) is 5.92 Å². The van der Waals surface area contributed by atoms with Gasteiger partial charge in [0.05, 0.1) is 0 Å². The van der Waals surface area contributed by atoms with E-state index >= 15 is 0 Å². The number of halogens is 2. The Morgan fingerprint density at radius 2 is 1.83 bits per heavy atom. The summed E-state index contributed by atoms with van der Waals surface area (Å²) >= 11 is 0. The zero-order chi connectivity index (χ0) is 13.3. The molecule has 0 spiro atoms. The van der Waals surface area contributed by atoms with Crippen molar-refractivity contribution in [2.45, 2.75) is 26.2 Å². The molecule has 0 atom stereocenters. The van der Waals surface area contributed by atoms with E-state index in [0.717, 1.165) is 6.92 Å². The van der Waals surface area contributed by atoms with Gasteiger partial charge in [0.2, 0.25) is 0 Å².